The van der Waals surface area contributed by atoms with Gasteiger partial charge in [-0.1, -0.05) is 0 Å². The minimum Gasteiger partial charge on any atom is -0.317 e. The predicted molar refractivity (Wildman–Crippen MR) is 40.4 cm³/mol. The molecular weight excluding hydrogens is 126 g/mol. The van der Waals surface area contributed by atoms with E-state index >= 15 is 0 Å². The van der Waals surface area contributed by atoms with Gasteiger partial charge in [0.1, 0.15) is 5.60 Å². The highest BCUT2D eigenvalue weighted by Crippen LogP contribution is 2.25. The van der Waals surface area contributed by atoms with Crippen molar-refractivity contribution in [1.82, 2.24) is 5.32 Å². The highest BCUT2D eigenvalue weighted by Gasteiger charge is 2.29. The van der Waals surface area contributed by atoms with Gasteiger partial charge in [0.15, 0.2) is 0 Å². The normalized spacial score (nSPS) is 23.1. The summed E-state index contributed by atoms with van der Waals surface area (Å²) in [4.78, 5) is 0. The standard InChI is InChI=1S/C8H16NO/c1-8(2,10)7-3-5-9-6-4-7/h7,9H,3-6H2,1-2H3. The minimum atomic E-state index is -0.720. The Morgan fingerprint density at radius 2 is 1.80 bits per heavy atom. The Morgan fingerprint density at radius 3 is 2.10 bits per heavy atom. The Hall–Kier alpha value is -0.0800. The van der Waals surface area contributed by atoms with Crippen molar-refractivity contribution in [2.24, 2.45) is 5.92 Å². The summed E-state index contributed by atoms with van der Waals surface area (Å²) < 4.78 is 0. The highest BCUT2D eigenvalue weighted by atomic mass is 16.3. The molecule has 1 N–H and O–H groups in total. The molecule has 0 unspecified atom stereocenters. The Kier molecular flexibility index (Phi) is 2.32. The van der Waals surface area contributed by atoms with Crippen molar-refractivity contribution in [2.45, 2.75) is 32.3 Å². The molecule has 2 nitrogen and oxygen atoms in total. The Bertz CT molecular complexity index is 100. The second-order valence-electron chi connectivity index (χ2n) is 3.63. The SMILES string of the molecule is CC(C)([O])C1CCNCC1. The van der Waals surface area contributed by atoms with Crippen LogP contribution in [0, 0.1) is 5.92 Å². The molecule has 0 bridgehead atoms. The molecular formula is C8H16NO. The van der Waals surface area contributed by atoms with Crippen LogP contribution in [0.4, 0.5) is 0 Å². The molecule has 0 aromatic carbocycles. The lowest BCUT2D eigenvalue weighted by Crippen LogP contribution is -2.38. The maximum absolute atomic E-state index is 11.4. The fourth-order valence-corrected chi connectivity index (χ4v) is 1.52. The fourth-order valence-electron chi connectivity index (χ4n) is 1.52. The van der Waals surface area contributed by atoms with Crippen molar-refractivity contribution >= 4 is 0 Å². The van der Waals surface area contributed by atoms with Crippen LogP contribution in [-0.2, 0) is 5.11 Å². The van der Waals surface area contributed by atoms with Gasteiger partial charge in [-0.2, -0.15) is 0 Å². The van der Waals surface area contributed by atoms with Crippen molar-refractivity contribution in [3.8, 4) is 0 Å². The van der Waals surface area contributed by atoms with Gasteiger partial charge in [0.05, 0.1) is 0 Å². The maximum atomic E-state index is 11.4. The van der Waals surface area contributed by atoms with Gasteiger partial charge < -0.3 is 5.32 Å². The lowest BCUT2D eigenvalue weighted by atomic mass is 9.84. The zero-order valence-corrected chi connectivity index (χ0v) is 6.81. The lowest BCUT2D eigenvalue weighted by Gasteiger charge is -2.30. The zero-order valence-electron chi connectivity index (χ0n) is 6.81. The maximum Gasteiger partial charge on any atom is 0.101 e. The van der Waals surface area contributed by atoms with Crippen LogP contribution >= 0.6 is 0 Å². The average Bonchev–Trinajstić information content (AvgIpc) is 1.88. The number of rotatable bonds is 1. The molecule has 0 aliphatic carbocycles. The first kappa shape index (κ1) is 8.02. The van der Waals surface area contributed by atoms with Crippen LogP contribution in [0.5, 0.6) is 0 Å². The molecule has 0 amide bonds. The van der Waals surface area contributed by atoms with Crippen LogP contribution in [-0.4, -0.2) is 18.7 Å². The van der Waals surface area contributed by atoms with Crippen LogP contribution in [0.15, 0.2) is 0 Å². The molecule has 2 heteroatoms. The second kappa shape index (κ2) is 2.89. The molecule has 0 atom stereocenters. The quantitative estimate of drug-likeness (QED) is 0.586. The van der Waals surface area contributed by atoms with Gasteiger partial charge in [-0.3, -0.25) is 0 Å². The van der Waals surface area contributed by atoms with Gasteiger partial charge in [0.2, 0.25) is 0 Å². The van der Waals surface area contributed by atoms with Crippen LogP contribution in [0.2, 0.25) is 0 Å². The third-order valence-electron chi connectivity index (χ3n) is 2.32. The van der Waals surface area contributed by atoms with E-state index in [1.165, 1.54) is 0 Å². The van der Waals surface area contributed by atoms with Gasteiger partial charge in [-0.05, 0) is 45.7 Å². The summed E-state index contributed by atoms with van der Waals surface area (Å²) >= 11 is 0. The molecule has 1 radical (unpaired) electrons. The molecule has 59 valence electrons. The molecule has 1 aliphatic heterocycles. The van der Waals surface area contributed by atoms with Crippen LogP contribution in [0.3, 0.4) is 0 Å². The van der Waals surface area contributed by atoms with Gasteiger partial charge in [-0.25, -0.2) is 5.11 Å². The van der Waals surface area contributed by atoms with E-state index in [0.717, 1.165) is 25.9 Å². The number of hydrogen-bond acceptors (Lipinski definition) is 1. The molecule has 0 aromatic rings. The van der Waals surface area contributed by atoms with E-state index in [1.807, 2.05) is 0 Å². The number of hydrogen-bond donors (Lipinski definition) is 1. The zero-order chi connectivity index (χ0) is 7.61. The van der Waals surface area contributed by atoms with E-state index in [-0.39, 0.29) is 0 Å². The molecule has 0 aromatic heterocycles. The monoisotopic (exact) mass is 142 g/mol. The number of piperidine rings is 1. The van der Waals surface area contributed by atoms with Crippen LogP contribution < -0.4 is 5.32 Å². The van der Waals surface area contributed by atoms with E-state index in [4.69, 9.17) is 0 Å². The first-order chi connectivity index (χ1) is 4.61. The highest BCUT2D eigenvalue weighted by molar-refractivity contribution is 4.80. The molecule has 1 rings (SSSR count). The van der Waals surface area contributed by atoms with Crippen molar-refractivity contribution in [3.05, 3.63) is 0 Å². The molecule has 10 heavy (non-hydrogen) atoms. The smallest absolute Gasteiger partial charge is 0.101 e. The predicted octanol–water partition coefficient (Wildman–Crippen LogP) is 1.20. The summed E-state index contributed by atoms with van der Waals surface area (Å²) in [5.41, 5.74) is -0.720. The van der Waals surface area contributed by atoms with Gasteiger partial charge >= 0.3 is 0 Å². The summed E-state index contributed by atoms with van der Waals surface area (Å²) in [6.07, 6.45) is 2.10. The molecule has 0 saturated carbocycles. The van der Waals surface area contributed by atoms with Gasteiger partial charge in [0, 0.05) is 0 Å². The number of nitrogens with one attached hydrogen (secondary N) is 1. The largest absolute Gasteiger partial charge is 0.317 e. The van der Waals surface area contributed by atoms with Crippen molar-refractivity contribution < 1.29 is 5.11 Å². The lowest BCUT2D eigenvalue weighted by molar-refractivity contribution is -0.0561. The summed E-state index contributed by atoms with van der Waals surface area (Å²) in [6.45, 7) is 5.64. The van der Waals surface area contributed by atoms with Crippen molar-refractivity contribution in [2.75, 3.05) is 13.1 Å². The third-order valence-corrected chi connectivity index (χ3v) is 2.32. The van der Waals surface area contributed by atoms with E-state index in [0.29, 0.717) is 5.92 Å². The van der Waals surface area contributed by atoms with Crippen LogP contribution in [0.1, 0.15) is 26.7 Å². The molecule has 1 aliphatic rings. The fraction of sp³-hybridized carbons (Fsp3) is 1.00. The van der Waals surface area contributed by atoms with E-state index in [1.54, 1.807) is 13.8 Å². The summed E-state index contributed by atoms with van der Waals surface area (Å²) in [5, 5.41) is 14.7. The first-order valence-corrected chi connectivity index (χ1v) is 4.02. The molecule has 0 spiro atoms. The van der Waals surface area contributed by atoms with Gasteiger partial charge in [-0.15, -0.1) is 0 Å². The Morgan fingerprint density at radius 1 is 1.30 bits per heavy atom. The Labute approximate surface area is 62.6 Å². The Balaban J connectivity index is 2.39. The van der Waals surface area contributed by atoms with E-state index in [9.17, 15) is 5.11 Å². The molecule has 1 saturated heterocycles. The third kappa shape index (κ3) is 1.96. The van der Waals surface area contributed by atoms with Crippen molar-refractivity contribution in [3.63, 3.8) is 0 Å². The van der Waals surface area contributed by atoms with Gasteiger partial charge in [0.25, 0.3) is 0 Å². The van der Waals surface area contributed by atoms with E-state index < -0.39 is 5.60 Å². The first-order valence-electron chi connectivity index (χ1n) is 4.02. The summed E-state index contributed by atoms with van der Waals surface area (Å²) in [5.74, 6) is 0.383. The topological polar surface area (TPSA) is 31.9 Å². The molecule has 1 heterocycles. The average molecular weight is 142 g/mol. The minimum absolute atomic E-state index is 0.383. The molecule has 1 fully saturated rings. The van der Waals surface area contributed by atoms with Crippen LogP contribution in [0.25, 0.3) is 0 Å². The van der Waals surface area contributed by atoms with Crippen molar-refractivity contribution in [1.29, 1.82) is 0 Å². The summed E-state index contributed by atoms with van der Waals surface area (Å²) in [6, 6.07) is 0. The summed E-state index contributed by atoms with van der Waals surface area (Å²) in [7, 11) is 0. The van der Waals surface area contributed by atoms with E-state index in [2.05, 4.69) is 5.32 Å². The second-order valence-corrected chi connectivity index (χ2v) is 3.63.